The summed E-state index contributed by atoms with van der Waals surface area (Å²) in [4.78, 5) is 36.0. The molecule has 10 nitrogen and oxygen atoms in total. The molecule has 0 aromatic carbocycles. The van der Waals surface area contributed by atoms with Crippen LogP contribution >= 0.6 is 0 Å². The summed E-state index contributed by atoms with van der Waals surface area (Å²) in [5.74, 6) is -3.32. The molecule has 21 heavy (non-hydrogen) atoms. The molecule has 0 aliphatic rings. The number of carbonyl (C=O) groups is 2. The number of hydrogen-bond donors (Lipinski definition) is 2. The highest BCUT2D eigenvalue weighted by Crippen LogP contribution is 2.24. The number of nitro groups is 1. The van der Waals surface area contributed by atoms with Crippen molar-refractivity contribution in [1.82, 2.24) is 14.8 Å². The van der Waals surface area contributed by atoms with E-state index in [1.165, 1.54) is 6.20 Å². The molecule has 2 N–H and O–H groups in total. The van der Waals surface area contributed by atoms with Gasteiger partial charge in [0.15, 0.2) is 0 Å². The molecule has 2 rings (SSSR count). The average molecular weight is 292 g/mol. The van der Waals surface area contributed by atoms with E-state index in [1.54, 1.807) is 18.2 Å². The molecule has 0 aliphatic heterocycles. The van der Waals surface area contributed by atoms with Crippen LogP contribution in [0.15, 0.2) is 24.4 Å². The van der Waals surface area contributed by atoms with Gasteiger partial charge in [0.05, 0.1) is 17.2 Å². The SMILES string of the molecule is O=C(O)c1nn(Cc2ccccn2)c(C(=O)O)c1[N+](=O)[O-]. The highest BCUT2D eigenvalue weighted by Gasteiger charge is 2.35. The minimum Gasteiger partial charge on any atom is -0.476 e. The molecule has 108 valence electrons. The van der Waals surface area contributed by atoms with E-state index in [-0.39, 0.29) is 6.54 Å². The van der Waals surface area contributed by atoms with Crippen LogP contribution in [0.3, 0.4) is 0 Å². The quantitative estimate of drug-likeness (QED) is 0.602. The van der Waals surface area contributed by atoms with Gasteiger partial charge < -0.3 is 10.2 Å². The first-order chi connectivity index (χ1) is 9.91. The molecule has 0 radical (unpaired) electrons. The summed E-state index contributed by atoms with van der Waals surface area (Å²) in [5, 5.41) is 32.4. The minimum absolute atomic E-state index is 0.198. The second-order valence-electron chi connectivity index (χ2n) is 3.89. The maximum Gasteiger partial charge on any atom is 0.363 e. The fourth-order valence-electron chi connectivity index (χ4n) is 1.74. The molecule has 10 heteroatoms. The third kappa shape index (κ3) is 2.68. The predicted molar refractivity (Wildman–Crippen MR) is 66.1 cm³/mol. The van der Waals surface area contributed by atoms with Crippen molar-refractivity contribution >= 4 is 17.6 Å². The Balaban J connectivity index is 2.60. The Morgan fingerprint density at radius 3 is 2.48 bits per heavy atom. The van der Waals surface area contributed by atoms with Crippen LogP contribution < -0.4 is 0 Å². The number of nitrogens with zero attached hydrogens (tertiary/aromatic N) is 4. The lowest BCUT2D eigenvalue weighted by Gasteiger charge is -2.02. The summed E-state index contributed by atoms with van der Waals surface area (Å²) in [6.07, 6.45) is 1.45. The van der Waals surface area contributed by atoms with Crippen molar-refractivity contribution in [3.05, 3.63) is 51.6 Å². The van der Waals surface area contributed by atoms with Gasteiger partial charge in [-0.1, -0.05) is 6.07 Å². The Labute approximate surface area is 116 Å². The monoisotopic (exact) mass is 292 g/mol. The predicted octanol–water partition coefficient (Wildman–Crippen LogP) is 0.631. The minimum atomic E-state index is -1.68. The zero-order chi connectivity index (χ0) is 15.6. The van der Waals surface area contributed by atoms with Gasteiger partial charge in [-0.15, -0.1) is 0 Å². The smallest absolute Gasteiger partial charge is 0.363 e. The zero-order valence-corrected chi connectivity index (χ0v) is 10.3. The van der Waals surface area contributed by atoms with E-state index in [9.17, 15) is 19.7 Å². The van der Waals surface area contributed by atoms with E-state index in [0.29, 0.717) is 5.69 Å². The highest BCUT2D eigenvalue weighted by molar-refractivity contribution is 5.98. The largest absolute Gasteiger partial charge is 0.476 e. The Hall–Kier alpha value is -3.30. The molecule has 2 heterocycles. The van der Waals surface area contributed by atoms with Crippen LogP contribution in [-0.2, 0) is 6.54 Å². The molecule has 0 aliphatic carbocycles. The van der Waals surface area contributed by atoms with E-state index in [2.05, 4.69) is 10.1 Å². The standard InChI is InChI=1S/C11H8N4O6/c16-10(17)7-8(15(20)21)9(11(18)19)14(13-7)5-6-3-1-2-4-12-6/h1-4H,5H2,(H,16,17)(H,18,19). The first kappa shape index (κ1) is 14.1. The van der Waals surface area contributed by atoms with Gasteiger partial charge in [0.1, 0.15) is 0 Å². The Bertz CT molecular complexity index is 724. The molecule has 0 amide bonds. The number of aromatic nitrogens is 3. The van der Waals surface area contributed by atoms with E-state index < -0.39 is 33.9 Å². The van der Waals surface area contributed by atoms with E-state index in [0.717, 1.165) is 4.68 Å². The van der Waals surface area contributed by atoms with E-state index >= 15 is 0 Å². The van der Waals surface area contributed by atoms with E-state index in [4.69, 9.17) is 10.2 Å². The normalized spacial score (nSPS) is 10.3. The Morgan fingerprint density at radius 1 is 1.29 bits per heavy atom. The number of carboxylic acids is 2. The molecule has 0 spiro atoms. The summed E-state index contributed by atoms with van der Waals surface area (Å²) in [6.45, 7) is -0.198. The van der Waals surface area contributed by atoms with Crippen molar-refractivity contribution in [2.75, 3.05) is 0 Å². The topological polar surface area (TPSA) is 148 Å². The Morgan fingerprint density at radius 2 is 2.00 bits per heavy atom. The number of carboxylic acid groups (broad SMARTS) is 2. The van der Waals surface area contributed by atoms with Crippen molar-refractivity contribution in [1.29, 1.82) is 0 Å². The number of rotatable bonds is 5. The van der Waals surface area contributed by atoms with Crippen LogP contribution in [0.5, 0.6) is 0 Å². The summed E-state index contributed by atoms with van der Waals surface area (Å²) in [7, 11) is 0. The molecule has 2 aromatic rings. The van der Waals surface area contributed by atoms with Gasteiger partial charge in [0.2, 0.25) is 11.4 Å². The Kier molecular flexibility index (Phi) is 3.61. The van der Waals surface area contributed by atoms with Crippen molar-refractivity contribution in [3.8, 4) is 0 Å². The summed E-state index contributed by atoms with van der Waals surface area (Å²) in [5.41, 5.74) is -2.39. The maximum absolute atomic E-state index is 11.2. The molecule has 0 saturated carbocycles. The third-order valence-corrected chi connectivity index (χ3v) is 2.55. The van der Waals surface area contributed by atoms with Crippen molar-refractivity contribution in [2.45, 2.75) is 6.54 Å². The first-order valence-electron chi connectivity index (χ1n) is 5.53. The zero-order valence-electron chi connectivity index (χ0n) is 10.3. The van der Waals surface area contributed by atoms with Crippen LogP contribution in [0.25, 0.3) is 0 Å². The highest BCUT2D eigenvalue weighted by atomic mass is 16.6. The second-order valence-corrected chi connectivity index (χ2v) is 3.89. The van der Waals surface area contributed by atoms with Gasteiger partial charge >= 0.3 is 17.6 Å². The molecule has 0 fully saturated rings. The van der Waals surface area contributed by atoms with Crippen LogP contribution in [-0.4, -0.2) is 41.8 Å². The lowest BCUT2D eigenvalue weighted by atomic mass is 10.3. The molecular weight excluding hydrogens is 284 g/mol. The number of pyridine rings is 1. The van der Waals surface area contributed by atoms with Gasteiger partial charge in [-0.05, 0) is 12.1 Å². The first-order valence-corrected chi connectivity index (χ1v) is 5.53. The van der Waals surface area contributed by atoms with Crippen LogP contribution in [0.2, 0.25) is 0 Å². The fourth-order valence-corrected chi connectivity index (χ4v) is 1.74. The van der Waals surface area contributed by atoms with Crippen LogP contribution in [0.4, 0.5) is 5.69 Å². The summed E-state index contributed by atoms with van der Waals surface area (Å²) in [6, 6.07) is 4.83. The molecule has 2 aromatic heterocycles. The number of hydrogen-bond acceptors (Lipinski definition) is 6. The third-order valence-electron chi connectivity index (χ3n) is 2.55. The lowest BCUT2D eigenvalue weighted by Crippen LogP contribution is -2.13. The van der Waals surface area contributed by atoms with Gasteiger partial charge in [-0.2, -0.15) is 5.10 Å². The fraction of sp³-hybridized carbons (Fsp3) is 0.0909. The molecule has 0 unspecified atom stereocenters. The van der Waals surface area contributed by atoms with E-state index in [1.807, 2.05) is 0 Å². The summed E-state index contributed by atoms with van der Waals surface area (Å²) >= 11 is 0. The van der Waals surface area contributed by atoms with Crippen LogP contribution in [0.1, 0.15) is 26.7 Å². The van der Waals surface area contributed by atoms with Gasteiger partial charge in [0, 0.05) is 6.20 Å². The summed E-state index contributed by atoms with van der Waals surface area (Å²) < 4.78 is 0.742. The molecule has 0 bridgehead atoms. The average Bonchev–Trinajstić information content (AvgIpc) is 2.79. The van der Waals surface area contributed by atoms with Gasteiger partial charge in [0.25, 0.3) is 0 Å². The van der Waals surface area contributed by atoms with Crippen molar-refractivity contribution < 1.29 is 24.7 Å². The molecule has 0 atom stereocenters. The van der Waals surface area contributed by atoms with Crippen LogP contribution in [0, 0.1) is 10.1 Å². The lowest BCUT2D eigenvalue weighted by molar-refractivity contribution is -0.385. The van der Waals surface area contributed by atoms with Crippen molar-refractivity contribution in [3.63, 3.8) is 0 Å². The molecular formula is C11H8N4O6. The van der Waals surface area contributed by atoms with Crippen molar-refractivity contribution in [2.24, 2.45) is 0 Å². The second kappa shape index (κ2) is 5.36. The maximum atomic E-state index is 11.2. The molecule has 0 saturated heterocycles. The number of aromatic carboxylic acids is 2. The van der Waals surface area contributed by atoms with Gasteiger partial charge in [-0.3, -0.25) is 15.1 Å². The van der Waals surface area contributed by atoms with Gasteiger partial charge in [-0.25, -0.2) is 14.3 Å².